The number of thiazole rings is 1. The Labute approximate surface area is 133 Å². The summed E-state index contributed by atoms with van der Waals surface area (Å²) < 4.78 is 7.22. The van der Waals surface area contributed by atoms with Gasteiger partial charge in [-0.25, -0.2) is 0 Å². The zero-order chi connectivity index (χ0) is 15.9. The fourth-order valence-electron chi connectivity index (χ4n) is 2.01. The van der Waals surface area contributed by atoms with Crippen molar-refractivity contribution < 1.29 is 9.53 Å². The predicted molar refractivity (Wildman–Crippen MR) is 88.8 cm³/mol. The van der Waals surface area contributed by atoms with Crippen molar-refractivity contribution in [1.82, 2.24) is 4.57 Å². The third-order valence-corrected chi connectivity index (χ3v) is 4.04. The third kappa shape index (κ3) is 4.21. The molecule has 0 aliphatic heterocycles. The molecule has 1 aromatic carbocycles. The summed E-state index contributed by atoms with van der Waals surface area (Å²) in [7, 11) is 0. The first kappa shape index (κ1) is 16.3. The van der Waals surface area contributed by atoms with Crippen LogP contribution in [0.25, 0.3) is 0 Å². The molecule has 2 aromatic rings. The molecule has 0 spiro atoms. The van der Waals surface area contributed by atoms with E-state index in [1.165, 1.54) is 0 Å². The van der Waals surface area contributed by atoms with Crippen LogP contribution in [0.15, 0.2) is 34.4 Å². The minimum absolute atomic E-state index is 0.0306. The summed E-state index contributed by atoms with van der Waals surface area (Å²) in [6, 6.07) is 7.36. The van der Waals surface area contributed by atoms with E-state index < -0.39 is 0 Å². The van der Waals surface area contributed by atoms with Crippen LogP contribution < -0.4 is 14.9 Å². The number of anilines is 1. The number of hydrogen-bond donors (Lipinski definition) is 1. The zero-order valence-corrected chi connectivity index (χ0v) is 13.6. The zero-order valence-electron chi connectivity index (χ0n) is 12.8. The number of nitrogens with zero attached hydrogens (tertiary/aromatic N) is 1. The molecule has 0 saturated heterocycles. The van der Waals surface area contributed by atoms with E-state index in [9.17, 15) is 9.59 Å². The van der Waals surface area contributed by atoms with Crippen molar-refractivity contribution >= 4 is 22.9 Å². The maximum Gasteiger partial charge on any atom is 0.307 e. The normalized spacial score (nSPS) is 10.5. The summed E-state index contributed by atoms with van der Waals surface area (Å²) in [5.41, 5.74) is 1.55. The molecule has 22 heavy (non-hydrogen) atoms. The highest BCUT2D eigenvalue weighted by Crippen LogP contribution is 2.24. The highest BCUT2D eigenvalue weighted by molar-refractivity contribution is 7.07. The Kier molecular flexibility index (Phi) is 5.77. The molecule has 1 N–H and O–H groups in total. The lowest BCUT2D eigenvalue weighted by Gasteiger charge is -2.12. The van der Waals surface area contributed by atoms with E-state index in [1.54, 1.807) is 9.95 Å². The quantitative estimate of drug-likeness (QED) is 0.853. The Morgan fingerprint density at radius 1 is 1.36 bits per heavy atom. The molecule has 0 unspecified atom stereocenters. The molecule has 0 radical (unpaired) electrons. The molecule has 0 bridgehead atoms. The van der Waals surface area contributed by atoms with Crippen LogP contribution in [0, 0.1) is 6.92 Å². The van der Waals surface area contributed by atoms with Crippen LogP contribution in [-0.2, 0) is 11.3 Å². The van der Waals surface area contributed by atoms with Gasteiger partial charge in [0.1, 0.15) is 5.75 Å². The summed E-state index contributed by atoms with van der Waals surface area (Å²) in [5.74, 6) is 0.534. The Bertz CT molecular complexity index is 691. The lowest BCUT2D eigenvalue weighted by atomic mass is 10.2. The number of ether oxygens (including phenoxy) is 1. The number of carbonyl (C=O) groups is 1. The van der Waals surface area contributed by atoms with E-state index in [4.69, 9.17) is 4.74 Å². The lowest BCUT2D eigenvalue weighted by molar-refractivity contribution is -0.116. The van der Waals surface area contributed by atoms with Gasteiger partial charge in [-0.1, -0.05) is 30.4 Å². The molecule has 6 heteroatoms. The van der Waals surface area contributed by atoms with Crippen molar-refractivity contribution in [1.29, 1.82) is 0 Å². The second-order valence-corrected chi connectivity index (χ2v) is 5.76. The molecule has 1 amide bonds. The summed E-state index contributed by atoms with van der Waals surface area (Å²) >= 11 is 1.15. The van der Waals surface area contributed by atoms with Crippen LogP contribution in [0.4, 0.5) is 5.69 Å². The van der Waals surface area contributed by atoms with Crippen molar-refractivity contribution in [2.24, 2.45) is 0 Å². The minimum atomic E-state index is -0.134. The number of amides is 1. The van der Waals surface area contributed by atoms with Gasteiger partial charge in [0.25, 0.3) is 0 Å². The SMILES string of the molecule is CCCOc1ccccc1NC(=O)CCn1c(C)csc1=O. The van der Waals surface area contributed by atoms with Crippen LogP contribution in [0.2, 0.25) is 0 Å². The molecule has 5 nitrogen and oxygen atoms in total. The first-order valence-electron chi connectivity index (χ1n) is 7.28. The van der Waals surface area contributed by atoms with Crippen LogP contribution in [0.3, 0.4) is 0 Å². The molecule has 2 rings (SSSR count). The number of aryl methyl sites for hydroxylation is 1. The number of nitrogens with one attached hydrogen (secondary N) is 1. The Morgan fingerprint density at radius 3 is 2.82 bits per heavy atom. The van der Waals surface area contributed by atoms with Gasteiger partial charge in [-0.3, -0.25) is 9.59 Å². The molecule has 0 saturated carbocycles. The first-order chi connectivity index (χ1) is 10.6. The van der Waals surface area contributed by atoms with Crippen LogP contribution >= 0.6 is 11.3 Å². The summed E-state index contributed by atoms with van der Waals surface area (Å²) in [5, 5.41) is 4.64. The maximum atomic E-state index is 12.1. The van der Waals surface area contributed by atoms with E-state index in [2.05, 4.69) is 5.32 Å². The maximum absolute atomic E-state index is 12.1. The summed E-state index contributed by atoms with van der Waals surface area (Å²) in [4.78, 5) is 23.7. The second kappa shape index (κ2) is 7.79. The molecule has 0 aliphatic carbocycles. The highest BCUT2D eigenvalue weighted by atomic mass is 32.1. The summed E-state index contributed by atoms with van der Waals surface area (Å²) in [6.07, 6.45) is 1.15. The molecule has 1 aromatic heterocycles. The number of carbonyl (C=O) groups excluding carboxylic acids is 1. The van der Waals surface area contributed by atoms with Crippen molar-refractivity contribution in [3.05, 3.63) is 45.0 Å². The van der Waals surface area contributed by atoms with E-state index in [0.29, 0.717) is 24.6 Å². The summed E-state index contributed by atoms with van der Waals surface area (Å²) in [6.45, 7) is 4.89. The number of benzene rings is 1. The van der Waals surface area contributed by atoms with Gasteiger partial charge >= 0.3 is 4.87 Å². The molecule has 118 valence electrons. The van der Waals surface area contributed by atoms with Gasteiger partial charge in [-0.05, 0) is 25.5 Å². The van der Waals surface area contributed by atoms with Crippen LogP contribution in [-0.4, -0.2) is 17.1 Å². The van der Waals surface area contributed by atoms with E-state index in [-0.39, 0.29) is 17.2 Å². The van der Waals surface area contributed by atoms with Crippen molar-refractivity contribution in [3.63, 3.8) is 0 Å². The molecule has 0 aliphatic rings. The average Bonchev–Trinajstić information content (AvgIpc) is 2.83. The first-order valence-corrected chi connectivity index (χ1v) is 8.16. The van der Waals surface area contributed by atoms with Crippen molar-refractivity contribution in [3.8, 4) is 5.75 Å². The van der Waals surface area contributed by atoms with Gasteiger partial charge < -0.3 is 14.6 Å². The standard InChI is InChI=1S/C16H20N2O3S/c1-3-10-21-14-7-5-4-6-13(14)17-15(19)8-9-18-12(2)11-22-16(18)20/h4-7,11H,3,8-10H2,1-2H3,(H,17,19). The van der Waals surface area contributed by atoms with Gasteiger partial charge in [-0.2, -0.15) is 0 Å². The van der Waals surface area contributed by atoms with Gasteiger partial charge in [-0.15, -0.1) is 0 Å². The lowest BCUT2D eigenvalue weighted by Crippen LogP contribution is -2.20. The topological polar surface area (TPSA) is 60.3 Å². The number of para-hydroxylation sites is 2. The molecular weight excluding hydrogens is 300 g/mol. The minimum Gasteiger partial charge on any atom is -0.491 e. The molecular formula is C16H20N2O3S. The van der Waals surface area contributed by atoms with E-state index in [1.807, 2.05) is 38.1 Å². The fraction of sp³-hybridized carbons (Fsp3) is 0.375. The van der Waals surface area contributed by atoms with Crippen molar-refractivity contribution in [2.45, 2.75) is 33.2 Å². The van der Waals surface area contributed by atoms with E-state index >= 15 is 0 Å². The largest absolute Gasteiger partial charge is 0.491 e. The van der Waals surface area contributed by atoms with Crippen molar-refractivity contribution in [2.75, 3.05) is 11.9 Å². The van der Waals surface area contributed by atoms with Gasteiger partial charge in [0.15, 0.2) is 0 Å². The third-order valence-electron chi connectivity index (χ3n) is 3.16. The van der Waals surface area contributed by atoms with E-state index in [0.717, 1.165) is 23.5 Å². The number of hydrogen-bond acceptors (Lipinski definition) is 4. The predicted octanol–water partition coefficient (Wildman–Crippen LogP) is 3.04. The van der Waals surface area contributed by atoms with Gasteiger partial charge in [0.2, 0.25) is 5.91 Å². The average molecular weight is 320 g/mol. The van der Waals surface area contributed by atoms with Gasteiger partial charge in [0.05, 0.1) is 12.3 Å². The number of rotatable bonds is 7. The van der Waals surface area contributed by atoms with Crippen LogP contribution in [0.5, 0.6) is 5.75 Å². The number of aromatic nitrogens is 1. The second-order valence-electron chi connectivity index (χ2n) is 4.94. The Morgan fingerprint density at radius 2 is 2.14 bits per heavy atom. The smallest absolute Gasteiger partial charge is 0.307 e. The monoisotopic (exact) mass is 320 g/mol. The molecule has 0 atom stereocenters. The van der Waals surface area contributed by atoms with Crippen LogP contribution in [0.1, 0.15) is 25.5 Å². The molecule has 1 heterocycles. The Balaban J connectivity index is 1.96. The van der Waals surface area contributed by atoms with Gasteiger partial charge in [0, 0.05) is 24.0 Å². The highest BCUT2D eigenvalue weighted by Gasteiger charge is 2.09. The fourth-order valence-corrected chi connectivity index (χ4v) is 2.77. The molecule has 0 fully saturated rings. The Hall–Kier alpha value is -2.08.